The van der Waals surface area contributed by atoms with Crippen molar-refractivity contribution in [3.05, 3.63) is 83.2 Å². The molecule has 0 saturated carbocycles. The van der Waals surface area contributed by atoms with Crippen LogP contribution in [0.25, 0.3) is 5.65 Å². The van der Waals surface area contributed by atoms with E-state index in [-0.39, 0.29) is 5.92 Å². The molecule has 1 aliphatic carbocycles. The highest BCUT2D eigenvalue weighted by molar-refractivity contribution is 5.71. The second kappa shape index (κ2) is 5.68. The van der Waals surface area contributed by atoms with E-state index in [9.17, 15) is 0 Å². The molecular formula is C21H21N3. The number of para-hydroxylation sites is 1. The second-order valence-electron chi connectivity index (χ2n) is 6.42. The molecule has 0 radical (unpaired) electrons. The number of benzene rings is 1. The Labute approximate surface area is 142 Å². The van der Waals surface area contributed by atoms with Crippen molar-refractivity contribution in [2.24, 2.45) is 0 Å². The Morgan fingerprint density at radius 3 is 2.29 bits per heavy atom. The van der Waals surface area contributed by atoms with Gasteiger partial charge in [-0.3, -0.25) is 4.40 Å². The van der Waals surface area contributed by atoms with Crippen LogP contribution in [-0.2, 0) is 0 Å². The molecule has 2 heterocycles. The minimum atomic E-state index is 0.219. The minimum Gasteiger partial charge on any atom is -0.339 e. The summed E-state index contributed by atoms with van der Waals surface area (Å²) in [5, 5.41) is 3.67. The van der Waals surface area contributed by atoms with E-state index in [1.165, 1.54) is 16.7 Å². The highest BCUT2D eigenvalue weighted by Crippen LogP contribution is 2.34. The van der Waals surface area contributed by atoms with E-state index in [0.29, 0.717) is 0 Å². The van der Waals surface area contributed by atoms with Crippen molar-refractivity contribution in [1.29, 1.82) is 0 Å². The van der Waals surface area contributed by atoms with E-state index < -0.39 is 0 Å². The van der Waals surface area contributed by atoms with Crippen molar-refractivity contribution < 1.29 is 0 Å². The third-order valence-corrected chi connectivity index (χ3v) is 4.66. The molecule has 2 aromatic heterocycles. The summed E-state index contributed by atoms with van der Waals surface area (Å²) in [6.45, 7) is 6.38. The quantitative estimate of drug-likeness (QED) is 0.718. The Morgan fingerprint density at radius 1 is 0.917 bits per heavy atom. The fraction of sp³-hybridized carbons (Fsp3) is 0.190. The molecule has 4 rings (SSSR count). The Morgan fingerprint density at radius 2 is 1.58 bits per heavy atom. The van der Waals surface area contributed by atoms with Gasteiger partial charge in [0, 0.05) is 17.8 Å². The Hall–Kier alpha value is -2.81. The summed E-state index contributed by atoms with van der Waals surface area (Å²) in [5.74, 6) is 1.27. The number of pyridine rings is 1. The molecule has 1 aromatic carbocycles. The lowest BCUT2D eigenvalue weighted by atomic mass is 10.1. The van der Waals surface area contributed by atoms with Crippen LogP contribution in [0, 0.1) is 20.8 Å². The lowest BCUT2D eigenvalue weighted by Gasteiger charge is -2.15. The number of fused-ring (bicyclic) bond motifs is 1. The molecule has 0 bridgehead atoms. The van der Waals surface area contributed by atoms with E-state index in [0.717, 1.165) is 22.8 Å². The Kier molecular flexibility index (Phi) is 3.49. The van der Waals surface area contributed by atoms with Crippen molar-refractivity contribution in [2.75, 3.05) is 5.32 Å². The van der Waals surface area contributed by atoms with Crippen molar-refractivity contribution in [1.82, 2.24) is 9.38 Å². The van der Waals surface area contributed by atoms with Crippen LogP contribution in [0.4, 0.5) is 11.5 Å². The lowest BCUT2D eigenvalue weighted by molar-refractivity contribution is 1.04. The zero-order valence-corrected chi connectivity index (χ0v) is 14.2. The van der Waals surface area contributed by atoms with Gasteiger partial charge in [-0.25, -0.2) is 4.98 Å². The van der Waals surface area contributed by atoms with E-state index in [4.69, 9.17) is 4.98 Å². The second-order valence-corrected chi connectivity index (χ2v) is 6.42. The van der Waals surface area contributed by atoms with Gasteiger partial charge in [-0.1, -0.05) is 48.6 Å². The van der Waals surface area contributed by atoms with Gasteiger partial charge in [-0.05, 0) is 43.5 Å². The van der Waals surface area contributed by atoms with Crippen LogP contribution in [0.1, 0.15) is 28.3 Å². The van der Waals surface area contributed by atoms with Crippen LogP contribution in [0.2, 0.25) is 0 Å². The van der Waals surface area contributed by atoms with Crippen molar-refractivity contribution in [3.8, 4) is 0 Å². The van der Waals surface area contributed by atoms with E-state index in [1.54, 1.807) is 0 Å². The third-order valence-electron chi connectivity index (χ3n) is 4.66. The number of imidazole rings is 1. The summed E-state index contributed by atoms with van der Waals surface area (Å²) in [6.07, 6.45) is 10.6. The predicted molar refractivity (Wildman–Crippen MR) is 100 cm³/mol. The van der Waals surface area contributed by atoms with Gasteiger partial charge in [0.15, 0.2) is 0 Å². The number of rotatable bonds is 3. The molecular weight excluding hydrogens is 294 g/mol. The predicted octanol–water partition coefficient (Wildman–Crippen LogP) is 5.21. The van der Waals surface area contributed by atoms with Crippen LogP contribution in [0.15, 0.2) is 60.8 Å². The number of allylic oxidation sites excluding steroid dienone is 4. The average molecular weight is 315 g/mol. The van der Waals surface area contributed by atoms with E-state index >= 15 is 0 Å². The number of nitrogens with one attached hydrogen (secondary N) is 1. The zero-order chi connectivity index (χ0) is 16.7. The molecule has 0 atom stereocenters. The van der Waals surface area contributed by atoms with Gasteiger partial charge >= 0.3 is 0 Å². The molecule has 0 unspecified atom stereocenters. The zero-order valence-electron chi connectivity index (χ0n) is 14.2. The number of hydrogen-bond acceptors (Lipinski definition) is 2. The first-order valence-corrected chi connectivity index (χ1v) is 8.31. The Bertz CT molecular complexity index is 944. The molecule has 3 heteroatoms. The van der Waals surface area contributed by atoms with Crippen LogP contribution >= 0.6 is 0 Å². The van der Waals surface area contributed by atoms with Gasteiger partial charge in [0.1, 0.15) is 11.5 Å². The molecule has 1 N–H and O–H groups in total. The molecule has 0 fully saturated rings. The summed E-state index contributed by atoms with van der Waals surface area (Å²) >= 11 is 0. The maximum Gasteiger partial charge on any atom is 0.141 e. The first-order chi connectivity index (χ1) is 11.6. The topological polar surface area (TPSA) is 29.3 Å². The van der Waals surface area contributed by atoms with Crippen LogP contribution in [-0.4, -0.2) is 9.38 Å². The van der Waals surface area contributed by atoms with Gasteiger partial charge in [-0.2, -0.15) is 0 Å². The van der Waals surface area contributed by atoms with E-state index in [1.807, 2.05) is 0 Å². The summed E-state index contributed by atoms with van der Waals surface area (Å²) in [7, 11) is 0. The van der Waals surface area contributed by atoms with Gasteiger partial charge in [0.25, 0.3) is 0 Å². The normalized spacial score (nSPS) is 14.0. The molecule has 0 saturated heterocycles. The molecule has 0 amide bonds. The molecule has 1 aliphatic rings. The summed E-state index contributed by atoms with van der Waals surface area (Å²) in [5.41, 5.74) is 6.89. The number of anilines is 2. The Balaban J connectivity index is 1.92. The lowest BCUT2D eigenvalue weighted by Crippen LogP contribution is -2.03. The fourth-order valence-corrected chi connectivity index (χ4v) is 3.32. The fourth-order valence-electron chi connectivity index (χ4n) is 3.32. The van der Waals surface area contributed by atoms with E-state index in [2.05, 4.69) is 91.3 Å². The molecule has 0 aliphatic heterocycles. The number of hydrogen-bond donors (Lipinski definition) is 1. The third kappa shape index (κ3) is 2.33. The molecule has 3 aromatic rings. The van der Waals surface area contributed by atoms with Gasteiger partial charge < -0.3 is 5.32 Å². The SMILES string of the molecule is Cc1cccc(C)c1Nc1c(C2C=CC=C2)nc2c(C)cccn12. The van der Waals surface area contributed by atoms with Crippen LogP contribution < -0.4 is 5.32 Å². The summed E-state index contributed by atoms with van der Waals surface area (Å²) in [6, 6.07) is 10.6. The van der Waals surface area contributed by atoms with Gasteiger partial charge in [-0.15, -0.1) is 0 Å². The number of aromatic nitrogens is 2. The van der Waals surface area contributed by atoms with Gasteiger partial charge in [0.2, 0.25) is 0 Å². The minimum absolute atomic E-state index is 0.219. The number of aryl methyl sites for hydroxylation is 3. The highest BCUT2D eigenvalue weighted by atomic mass is 15.1. The number of nitrogens with zero attached hydrogens (tertiary/aromatic N) is 2. The smallest absolute Gasteiger partial charge is 0.141 e. The standard InChI is InChI=1S/C21H21N3/c1-14-8-6-9-15(2)18(14)22-21-19(17-11-4-5-12-17)23-20-16(3)10-7-13-24(20)21/h4-13,17,22H,1-3H3. The van der Waals surface area contributed by atoms with Crippen LogP contribution in [0.5, 0.6) is 0 Å². The highest BCUT2D eigenvalue weighted by Gasteiger charge is 2.20. The maximum atomic E-state index is 4.95. The molecule has 120 valence electrons. The molecule has 24 heavy (non-hydrogen) atoms. The average Bonchev–Trinajstić information content (AvgIpc) is 3.19. The maximum absolute atomic E-state index is 4.95. The van der Waals surface area contributed by atoms with Crippen molar-refractivity contribution in [2.45, 2.75) is 26.7 Å². The first-order valence-electron chi connectivity index (χ1n) is 8.31. The van der Waals surface area contributed by atoms with Crippen molar-refractivity contribution in [3.63, 3.8) is 0 Å². The van der Waals surface area contributed by atoms with Crippen molar-refractivity contribution >= 4 is 17.2 Å². The first kappa shape index (κ1) is 14.8. The van der Waals surface area contributed by atoms with Crippen LogP contribution in [0.3, 0.4) is 0 Å². The monoisotopic (exact) mass is 315 g/mol. The summed E-state index contributed by atoms with van der Waals surface area (Å²) in [4.78, 5) is 4.95. The molecule has 3 nitrogen and oxygen atoms in total. The largest absolute Gasteiger partial charge is 0.339 e. The van der Waals surface area contributed by atoms with Gasteiger partial charge in [0.05, 0.1) is 5.69 Å². The molecule has 0 spiro atoms. The summed E-state index contributed by atoms with van der Waals surface area (Å²) < 4.78 is 2.16.